The van der Waals surface area contributed by atoms with E-state index in [9.17, 15) is 4.79 Å². The molecule has 0 aliphatic heterocycles. The summed E-state index contributed by atoms with van der Waals surface area (Å²) >= 11 is 0. The van der Waals surface area contributed by atoms with E-state index in [0.29, 0.717) is 0 Å². The van der Waals surface area contributed by atoms with Crippen molar-refractivity contribution in [2.75, 3.05) is 12.4 Å². The number of rotatable bonds is 2. The third-order valence-electron chi connectivity index (χ3n) is 2.22. The van der Waals surface area contributed by atoms with Gasteiger partial charge in [0.25, 0.3) is 0 Å². The van der Waals surface area contributed by atoms with E-state index in [2.05, 4.69) is 5.32 Å². The van der Waals surface area contributed by atoms with Gasteiger partial charge in [-0.15, -0.1) is 0 Å². The third kappa shape index (κ3) is 1.89. The fourth-order valence-electron chi connectivity index (χ4n) is 1.46. The van der Waals surface area contributed by atoms with Crippen molar-refractivity contribution in [3.05, 3.63) is 28.8 Å². The van der Waals surface area contributed by atoms with Crippen LogP contribution in [0.1, 0.15) is 28.4 Å². The summed E-state index contributed by atoms with van der Waals surface area (Å²) in [4.78, 5) is 11.2. The van der Waals surface area contributed by atoms with E-state index in [1.165, 1.54) is 0 Å². The van der Waals surface area contributed by atoms with Crippen LogP contribution in [0.15, 0.2) is 12.1 Å². The predicted octanol–water partition coefficient (Wildman–Crippen LogP) is 2.55. The van der Waals surface area contributed by atoms with Crippen LogP contribution >= 0.6 is 0 Å². The van der Waals surface area contributed by atoms with Gasteiger partial charge in [0.15, 0.2) is 5.78 Å². The van der Waals surface area contributed by atoms with Crippen molar-refractivity contribution < 1.29 is 4.79 Å². The minimum Gasteiger partial charge on any atom is -0.388 e. The summed E-state index contributed by atoms with van der Waals surface area (Å²) in [6, 6.07) is 3.94. The second-order valence-corrected chi connectivity index (χ2v) is 3.29. The number of hydrogen-bond acceptors (Lipinski definition) is 2. The summed E-state index contributed by atoms with van der Waals surface area (Å²) in [5.74, 6) is 0.128. The number of nitrogens with one attached hydrogen (secondary N) is 1. The quantitative estimate of drug-likeness (QED) is 0.703. The Kier molecular flexibility index (Phi) is 2.71. The highest BCUT2D eigenvalue weighted by atomic mass is 16.1. The number of carbonyl (C=O) groups excluding carboxylic acids is 1. The van der Waals surface area contributed by atoms with Gasteiger partial charge in [0.1, 0.15) is 0 Å². The second kappa shape index (κ2) is 3.60. The predicted molar refractivity (Wildman–Crippen MR) is 55.5 cm³/mol. The van der Waals surface area contributed by atoms with Gasteiger partial charge < -0.3 is 5.32 Å². The number of aryl methyl sites for hydroxylation is 2. The van der Waals surface area contributed by atoms with Crippen LogP contribution in [0.25, 0.3) is 0 Å². The summed E-state index contributed by atoms with van der Waals surface area (Å²) in [5, 5.41) is 3.09. The molecule has 1 rings (SSSR count). The number of ketones is 1. The largest absolute Gasteiger partial charge is 0.388 e. The molecule has 0 fully saturated rings. The maximum Gasteiger partial charge on any atom is 0.160 e. The van der Waals surface area contributed by atoms with Crippen LogP contribution in [0.2, 0.25) is 0 Å². The number of Topliss-reactive ketones (excluding diaryl/α,β-unsaturated/α-hetero) is 1. The molecule has 0 aliphatic carbocycles. The van der Waals surface area contributed by atoms with Crippen molar-refractivity contribution in [3.8, 4) is 0 Å². The molecule has 0 bridgehead atoms. The summed E-state index contributed by atoms with van der Waals surface area (Å²) in [7, 11) is 1.88. The lowest BCUT2D eigenvalue weighted by Crippen LogP contribution is -2.00. The zero-order valence-corrected chi connectivity index (χ0v) is 8.56. The summed E-state index contributed by atoms with van der Waals surface area (Å²) < 4.78 is 0. The lowest BCUT2D eigenvalue weighted by Gasteiger charge is -2.09. The first-order valence-corrected chi connectivity index (χ1v) is 4.36. The van der Waals surface area contributed by atoms with Crippen molar-refractivity contribution in [1.29, 1.82) is 0 Å². The summed E-state index contributed by atoms with van der Waals surface area (Å²) in [6.45, 7) is 5.55. The Bertz CT molecular complexity index is 342. The summed E-state index contributed by atoms with van der Waals surface area (Å²) in [5.41, 5.74) is 4.04. The van der Waals surface area contributed by atoms with Gasteiger partial charge in [0.2, 0.25) is 0 Å². The van der Waals surface area contributed by atoms with Crippen LogP contribution in [0.5, 0.6) is 0 Å². The van der Waals surface area contributed by atoms with Gasteiger partial charge in [-0.25, -0.2) is 0 Å². The zero-order chi connectivity index (χ0) is 10.0. The first-order valence-electron chi connectivity index (χ1n) is 4.36. The molecule has 0 aliphatic rings. The molecule has 0 saturated carbocycles. The molecule has 1 N–H and O–H groups in total. The SMILES string of the molecule is CNc1cc(C)c(C(C)=O)cc1C. The van der Waals surface area contributed by atoms with Crippen molar-refractivity contribution in [3.63, 3.8) is 0 Å². The molecule has 0 heterocycles. The Labute approximate surface area is 79.0 Å². The minimum absolute atomic E-state index is 0.128. The molecule has 1 aromatic rings. The molecular weight excluding hydrogens is 162 g/mol. The number of carbonyl (C=O) groups is 1. The molecular formula is C11H15NO. The minimum atomic E-state index is 0.128. The van der Waals surface area contributed by atoms with E-state index in [0.717, 1.165) is 22.4 Å². The zero-order valence-electron chi connectivity index (χ0n) is 8.56. The van der Waals surface area contributed by atoms with Gasteiger partial charge in [0, 0.05) is 18.3 Å². The highest BCUT2D eigenvalue weighted by Gasteiger charge is 2.06. The standard InChI is InChI=1S/C11H15NO/c1-7-6-11(12-4)8(2)5-10(7)9(3)13/h5-6,12H,1-4H3. The van der Waals surface area contributed by atoms with Crippen molar-refractivity contribution in [2.45, 2.75) is 20.8 Å². The first-order chi connectivity index (χ1) is 6.06. The number of hydrogen-bond donors (Lipinski definition) is 1. The molecule has 0 saturated heterocycles. The lowest BCUT2D eigenvalue weighted by atomic mass is 10.0. The molecule has 13 heavy (non-hydrogen) atoms. The van der Waals surface area contributed by atoms with Gasteiger partial charge >= 0.3 is 0 Å². The van der Waals surface area contributed by atoms with E-state index in [1.807, 2.05) is 33.0 Å². The van der Waals surface area contributed by atoms with Crippen LogP contribution in [0.4, 0.5) is 5.69 Å². The smallest absolute Gasteiger partial charge is 0.160 e. The van der Waals surface area contributed by atoms with Gasteiger partial charge in [-0.05, 0) is 44.0 Å². The third-order valence-corrected chi connectivity index (χ3v) is 2.22. The highest BCUT2D eigenvalue weighted by molar-refractivity contribution is 5.96. The van der Waals surface area contributed by atoms with E-state index < -0.39 is 0 Å². The van der Waals surface area contributed by atoms with Crippen LogP contribution in [-0.4, -0.2) is 12.8 Å². The molecule has 0 radical (unpaired) electrons. The van der Waals surface area contributed by atoms with E-state index in [-0.39, 0.29) is 5.78 Å². The number of benzene rings is 1. The van der Waals surface area contributed by atoms with E-state index in [4.69, 9.17) is 0 Å². The highest BCUT2D eigenvalue weighted by Crippen LogP contribution is 2.20. The molecule has 0 amide bonds. The molecule has 0 unspecified atom stereocenters. The monoisotopic (exact) mass is 177 g/mol. The molecule has 0 spiro atoms. The second-order valence-electron chi connectivity index (χ2n) is 3.29. The number of anilines is 1. The lowest BCUT2D eigenvalue weighted by molar-refractivity contribution is 0.101. The molecule has 0 atom stereocenters. The molecule has 2 heteroatoms. The van der Waals surface area contributed by atoms with Crippen LogP contribution < -0.4 is 5.32 Å². The van der Waals surface area contributed by atoms with Crippen molar-refractivity contribution >= 4 is 11.5 Å². The Morgan fingerprint density at radius 2 is 1.85 bits per heavy atom. The maximum atomic E-state index is 11.2. The normalized spacial score (nSPS) is 9.85. The molecule has 2 nitrogen and oxygen atoms in total. The summed E-state index contributed by atoms with van der Waals surface area (Å²) in [6.07, 6.45) is 0. The van der Waals surface area contributed by atoms with Crippen molar-refractivity contribution in [2.24, 2.45) is 0 Å². The van der Waals surface area contributed by atoms with Gasteiger partial charge in [-0.1, -0.05) is 0 Å². The molecule has 1 aromatic carbocycles. The van der Waals surface area contributed by atoms with E-state index in [1.54, 1.807) is 6.92 Å². The Morgan fingerprint density at radius 3 is 2.31 bits per heavy atom. The average molecular weight is 177 g/mol. The fraction of sp³-hybridized carbons (Fsp3) is 0.364. The molecule has 70 valence electrons. The van der Waals surface area contributed by atoms with Crippen molar-refractivity contribution in [1.82, 2.24) is 0 Å². The Morgan fingerprint density at radius 1 is 1.23 bits per heavy atom. The van der Waals surface area contributed by atoms with Crippen LogP contribution in [0.3, 0.4) is 0 Å². The van der Waals surface area contributed by atoms with Gasteiger partial charge in [-0.2, -0.15) is 0 Å². The van der Waals surface area contributed by atoms with E-state index >= 15 is 0 Å². The van der Waals surface area contributed by atoms with Crippen LogP contribution in [-0.2, 0) is 0 Å². The first kappa shape index (κ1) is 9.78. The van der Waals surface area contributed by atoms with Gasteiger partial charge in [-0.3, -0.25) is 4.79 Å². The Balaban J connectivity index is 3.28. The fourth-order valence-corrected chi connectivity index (χ4v) is 1.46. The van der Waals surface area contributed by atoms with Gasteiger partial charge in [0.05, 0.1) is 0 Å². The topological polar surface area (TPSA) is 29.1 Å². The molecule has 0 aromatic heterocycles. The Hall–Kier alpha value is -1.31. The average Bonchev–Trinajstić information content (AvgIpc) is 2.07. The maximum absolute atomic E-state index is 11.2. The van der Waals surface area contributed by atoms with Crippen LogP contribution in [0, 0.1) is 13.8 Å².